The van der Waals surface area contributed by atoms with Crippen molar-refractivity contribution >= 4 is 23.3 Å². The summed E-state index contributed by atoms with van der Waals surface area (Å²) in [6, 6.07) is 0. The molecule has 1 nitrogen and oxygen atoms in total. The molecular weight excluding hydrogens is 437 g/mol. The van der Waals surface area contributed by atoms with Crippen LogP contribution in [0.2, 0.25) is 0 Å². The van der Waals surface area contributed by atoms with E-state index in [4.69, 9.17) is 0 Å². The molecule has 3 fully saturated rings. The third-order valence-electron chi connectivity index (χ3n) is 10.0. The van der Waals surface area contributed by atoms with Crippen LogP contribution in [-0.2, 0) is 0 Å². The number of fused-ring (bicyclic) bond motifs is 5. The average molecular weight is 479 g/mol. The fourth-order valence-electron chi connectivity index (χ4n) is 8.06. The van der Waals surface area contributed by atoms with Gasteiger partial charge in [0.15, 0.2) is 0 Å². The van der Waals surface area contributed by atoms with Gasteiger partial charge in [0.2, 0.25) is 0 Å². The maximum atomic E-state index is 12.9. The number of hydrogen-bond acceptors (Lipinski definition) is 3. The fourth-order valence-corrected chi connectivity index (χ4v) is 8.06. The molecule has 0 aromatic rings. The van der Waals surface area contributed by atoms with Gasteiger partial charge in [-0.15, -0.1) is 23.3 Å². The smallest absolute Gasteiger partial charge is 0.391 e. The van der Waals surface area contributed by atoms with Crippen molar-refractivity contribution in [1.82, 2.24) is 0 Å². The molecule has 8 atom stereocenters. The SMILES string of the molecule is CC(CCCC1CC[C@H]2C3CC=C4CC(O)CCC4(C)C3CCC12C)C(F)(F)F.SS. The van der Waals surface area contributed by atoms with Gasteiger partial charge in [0.05, 0.1) is 12.0 Å². The highest BCUT2D eigenvalue weighted by Gasteiger charge is 2.58. The third-order valence-corrected chi connectivity index (χ3v) is 10.0. The lowest BCUT2D eigenvalue weighted by molar-refractivity contribution is -0.171. The van der Waals surface area contributed by atoms with E-state index >= 15 is 0 Å². The predicted molar refractivity (Wildman–Crippen MR) is 128 cm³/mol. The summed E-state index contributed by atoms with van der Waals surface area (Å²) in [4.78, 5) is 0. The summed E-state index contributed by atoms with van der Waals surface area (Å²) in [5, 5.41) is 10.1. The lowest BCUT2D eigenvalue weighted by atomic mass is 9.47. The first kappa shape index (κ1) is 25.8. The number of aliphatic hydroxyl groups is 1. The molecule has 180 valence electrons. The molecule has 0 bridgehead atoms. The first-order valence-electron chi connectivity index (χ1n) is 12.2. The Kier molecular flexibility index (Phi) is 8.17. The van der Waals surface area contributed by atoms with Gasteiger partial charge in [-0.05, 0) is 98.7 Å². The van der Waals surface area contributed by atoms with Gasteiger partial charge in [0, 0.05) is 0 Å². The molecule has 0 saturated heterocycles. The second kappa shape index (κ2) is 9.82. The van der Waals surface area contributed by atoms with Gasteiger partial charge in [-0.3, -0.25) is 0 Å². The standard InChI is InChI=1S/C25H39F3O.H2S2/c1-16(25(26,27)28)5-4-6-17-8-10-21-20-9-7-18-15-19(29)11-13-24(18,3)22(20)12-14-23(17,21)2;1-2/h7,16-17,19-22,29H,4-6,8-15H2,1-3H3;1-2H/t16?,17?,19?,20?,21-,22?,23?,24?;/m0./s1. The van der Waals surface area contributed by atoms with E-state index in [-0.39, 0.29) is 17.9 Å². The van der Waals surface area contributed by atoms with Gasteiger partial charge in [0.1, 0.15) is 0 Å². The quantitative estimate of drug-likeness (QED) is 0.212. The minimum absolute atomic E-state index is 0.158. The van der Waals surface area contributed by atoms with Crippen LogP contribution < -0.4 is 0 Å². The van der Waals surface area contributed by atoms with Crippen molar-refractivity contribution in [1.29, 1.82) is 0 Å². The topological polar surface area (TPSA) is 20.2 Å². The zero-order chi connectivity index (χ0) is 23.0. The van der Waals surface area contributed by atoms with E-state index in [1.54, 1.807) is 0 Å². The molecule has 4 aliphatic rings. The molecule has 0 aromatic carbocycles. The Balaban J connectivity index is 0.00000132. The Bertz CT molecular complexity index is 651. The number of hydrogen-bond donors (Lipinski definition) is 3. The number of aliphatic hydroxyl groups excluding tert-OH is 1. The Morgan fingerprint density at radius 2 is 1.81 bits per heavy atom. The zero-order valence-electron chi connectivity index (χ0n) is 19.3. The third kappa shape index (κ3) is 4.87. The normalized spacial score (nSPS) is 43.0. The van der Waals surface area contributed by atoms with Crippen molar-refractivity contribution in [2.75, 3.05) is 0 Å². The molecule has 0 spiro atoms. The van der Waals surface area contributed by atoms with Gasteiger partial charge in [0.25, 0.3) is 0 Å². The Morgan fingerprint density at radius 1 is 1.10 bits per heavy atom. The number of alkyl halides is 3. The van der Waals surface area contributed by atoms with Gasteiger partial charge in [-0.2, -0.15) is 13.2 Å². The predicted octanol–water partition coefficient (Wildman–Crippen LogP) is 8.06. The summed E-state index contributed by atoms with van der Waals surface area (Å²) < 4.78 is 38.6. The molecule has 0 heterocycles. The molecule has 1 N–H and O–H groups in total. The number of rotatable bonds is 4. The van der Waals surface area contributed by atoms with E-state index in [2.05, 4.69) is 43.2 Å². The van der Waals surface area contributed by atoms with Crippen molar-refractivity contribution < 1.29 is 18.3 Å². The van der Waals surface area contributed by atoms with Crippen molar-refractivity contribution in [2.24, 2.45) is 40.4 Å². The van der Waals surface area contributed by atoms with Crippen LogP contribution in [0.5, 0.6) is 0 Å². The molecule has 4 rings (SSSR count). The van der Waals surface area contributed by atoms with Crippen LogP contribution in [0.4, 0.5) is 13.2 Å². The van der Waals surface area contributed by atoms with Gasteiger partial charge >= 0.3 is 6.18 Å². The fraction of sp³-hybridized carbons (Fsp3) is 0.920. The van der Waals surface area contributed by atoms with Crippen molar-refractivity contribution in [3.63, 3.8) is 0 Å². The van der Waals surface area contributed by atoms with Crippen LogP contribution in [-0.4, -0.2) is 17.4 Å². The van der Waals surface area contributed by atoms with Crippen LogP contribution in [0.3, 0.4) is 0 Å². The van der Waals surface area contributed by atoms with E-state index in [0.717, 1.165) is 49.9 Å². The second-order valence-corrected chi connectivity index (χ2v) is 11.3. The summed E-state index contributed by atoms with van der Waals surface area (Å²) in [6.45, 7) is 6.25. The highest BCUT2D eigenvalue weighted by atomic mass is 33.1. The van der Waals surface area contributed by atoms with Crippen molar-refractivity contribution in [3.05, 3.63) is 11.6 Å². The molecule has 0 aromatic heterocycles. The number of halogens is 3. The summed E-state index contributed by atoms with van der Waals surface area (Å²) >= 11 is 6.44. The minimum atomic E-state index is -4.05. The van der Waals surface area contributed by atoms with Crippen LogP contribution >= 0.6 is 23.3 Å². The summed E-state index contributed by atoms with van der Waals surface area (Å²) in [5.41, 5.74) is 2.10. The molecule has 0 aliphatic heterocycles. The van der Waals surface area contributed by atoms with E-state index in [0.29, 0.717) is 17.8 Å². The van der Waals surface area contributed by atoms with E-state index in [9.17, 15) is 18.3 Å². The maximum Gasteiger partial charge on any atom is 0.391 e. The monoisotopic (exact) mass is 478 g/mol. The van der Waals surface area contributed by atoms with Gasteiger partial charge in [-0.25, -0.2) is 0 Å². The van der Waals surface area contributed by atoms with Gasteiger partial charge in [-0.1, -0.05) is 38.8 Å². The first-order valence-corrected chi connectivity index (χ1v) is 13.8. The zero-order valence-corrected chi connectivity index (χ0v) is 21.1. The van der Waals surface area contributed by atoms with Crippen LogP contribution in [0.15, 0.2) is 11.6 Å². The highest BCUT2D eigenvalue weighted by molar-refractivity contribution is 8.59. The Labute approximate surface area is 197 Å². The summed E-state index contributed by atoms with van der Waals surface area (Å²) in [7, 11) is 0. The molecule has 0 amide bonds. The van der Waals surface area contributed by atoms with E-state index in [1.807, 2.05) is 0 Å². The van der Waals surface area contributed by atoms with E-state index < -0.39 is 12.1 Å². The lowest BCUT2D eigenvalue weighted by Gasteiger charge is -2.58. The average Bonchev–Trinajstić information content (AvgIpc) is 3.06. The number of allylic oxidation sites excluding steroid dienone is 1. The Hall–Kier alpha value is 0.190. The molecule has 31 heavy (non-hydrogen) atoms. The molecule has 6 heteroatoms. The van der Waals surface area contributed by atoms with Crippen LogP contribution in [0.1, 0.15) is 91.4 Å². The minimum Gasteiger partial charge on any atom is -0.393 e. The summed E-state index contributed by atoms with van der Waals surface area (Å²) in [6.07, 6.45) is 9.25. The molecule has 4 aliphatic carbocycles. The summed E-state index contributed by atoms with van der Waals surface area (Å²) in [5.74, 6) is 1.62. The first-order chi connectivity index (χ1) is 14.6. The largest absolute Gasteiger partial charge is 0.393 e. The van der Waals surface area contributed by atoms with Crippen molar-refractivity contribution in [2.45, 2.75) is 104 Å². The van der Waals surface area contributed by atoms with Gasteiger partial charge < -0.3 is 5.11 Å². The highest BCUT2D eigenvalue weighted by Crippen LogP contribution is 2.66. The molecule has 0 radical (unpaired) electrons. The maximum absolute atomic E-state index is 12.9. The second-order valence-electron chi connectivity index (χ2n) is 11.3. The molecule has 3 saturated carbocycles. The van der Waals surface area contributed by atoms with Crippen LogP contribution in [0, 0.1) is 40.4 Å². The van der Waals surface area contributed by atoms with Crippen LogP contribution in [0.25, 0.3) is 0 Å². The number of thiol groups is 2. The molecule has 7 unspecified atom stereocenters. The van der Waals surface area contributed by atoms with E-state index in [1.165, 1.54) is 38.2 Å². The lowest BCUT2D eigenvalue weighted by Crippen LogP contribution is -2.50. The Morgan fingerprint density at radius 3 is 2.48 bits per heavy atom. The molecular formula is C25H41F3OS2. The van der Waals surface area contributed by atoms with Crippen molar-refractivity contribution in [3.8, 4) is 0 Å².